The molecule has 1 aliphatic heterocycles. The van der Waals surface area contributed by atoms with Gasteiger partial charge in [0.2, 0.25) is 0 Å². The SMILES string of the molecule is O=C(OCc1ccccc1)c1nc(Cl)c(Cl)c(N2C(=O)c3ccccc3C2O)c1Cl. The molecule has 0 aliphatic carbocycles. The summed E-state index contributed by atoms with van der Waals surface area (Å²) in [5.74, 6) is -1.38. The fourth-order valence-corrected chi connectivity index (χ4v) is 3.92. The Kier molecular flexibility index (Phi) is 5.66. The summed E-state index contributed by atoms with van der Waals surface area (Å²) in [7, 11) is 0. The molecule has 1 N–H and O–H groups in total. The van der Waals surface area contributed by atoms with Crippen molar-refractivity contribution in [3.63, 3.8) is 0 Å². The molecule has 1 aromatic heterocycles. The number of carbonyl (C=O) groups excluding carboxylic acids is 2. The van der Waals surface area contributed by atoms with E-state index in [-0.39, 0.29) is 33.2 Å². The lowest BCUT2D eigenvalue weighted by molar-refractivity contribution is 0.0465. The molecule has 4 rings (SSSR count). The highest BCUT2D eigenvalue weighted by atomic mass is 35.5. The van der Waals surface area contributed by atoms with Crippen LogP contribution in [0.5, 0.6) is 0 Å². The number of hydrogen-bond donors (Lipinski definition) is 1. The third kappa shape index (κ3) is 3.52. The van der Waals surface area contributed by atoms with Crippen LogP contribution in [0.2, 0.25) is 15.2 Å². The summed E-state index contributed by atoms with van der Waals surface area (Å²) in [6.45, 7) is -0.00995. The maximum absolute atomic E-state index is 12.9. The molecule has 0 spiro atoms. The number of benzene rings is 2. The Bertz CT molecular complexity index is 1150. The number of hydrogen-bond acceptors (Lipinski definition) is 5. The van der Waals surface area contributed by atoms with Crippen molar-refractivity contribution in [2.45, 2.75) is 12.8 Å². The Morgan fingerprint density at radius 1 is 1.03 bits per heavy atom. The first kappa shape index (κ1) is 20.6. The van der Waals surface area contributed by atoms with Gasteiger partial charge in [-0.3, -0.25) is 9.69 Å². The lowest BCUT2D eigenvalue weighted by atomic mass is 10.1. The predicted octanol–water partition coefficient (Wildman–Crippen LogP) is 5.05. The number of fused-ring (bicyclic) bond motifs is 1. The standard InChI is InChI=1S/C21H13Cl3N2O4/c22-14-16(21(29)30-10-11-6-2-1-3-7-11)25-18(24)15(23)17(14)26-19(27)12-8-4-5-9-13(12)20(26)28/h1-9,19,27H,10H2. The second-order valence-corrected chi connectivity index (χ2v) is 7.54. The van der Waals surface area contributed by atoms with E-state index in [9.17, 15) is 14.7 Å². The average Bonchev–Trinajstić information content (AvgIpc) is 3.01. The van der Waals surface area contributed by atoms with Crippen LogP contribution in [-0.2, 0) is 11.3 Å². The number of aliphatic hydroxyl groups is 1. The second-order valence-electron chi connectivity index (χ2n) is 6.43. The number of amides is 1. The Morgan fingerprint density at radius 3 is 2.40 bits per heavy atom. The summed E-state index contributed by atoms with van der Waals surface area (Å²) < 4.78 is 5.27. The van der Waals surface area contributed by atoms with E-state index in [2.05, 4.69) is 4.98 Å². The van der Waals surface area contributed by atoms with E-state index in [1.165, 1.54) is 0 Å². The van der Waals surface area contributed by atoms with Crippen molar-refractivity contribution in [2.24, 2.45) is 0 Å². The van der Waals surface area contributed by atoms with Gasteiger partial charge in [0.1, 0.15) is 11.6 Å². The highest BCUT2D eigenvalue weighted by molar-refractivity contribution is 6.47. The van der Waals surface area contributed by atoms with E-state index in [0.717, 1.165) is 10.5 Å². The van der Waals surface area contributed by atoms with Crippen molar-refractivity contribution in [3.05, 3.63) is 92.2 Å². The number of pyridine rings is 1. The Labute approximate surface area is 186 Å². The molecule has 2 aromatic carbocycles. The molecule has 0 fully saturated rings. The van der Waals surface area contributed by atoms with Crippen LogP contribution in [0, 0.1) is 0 Å². The Balaban J connectivity index is 1.71. The van der Waals surface area contributed by atoms with Gasteiger partial charge in [-0.1, -0.05) is 83.3 Å². The van der Waals surface area contributed by atoms with Crippen LogP contribution >= 0.6 is 34.8 Å². The van der Waals surface area contributed by atoms with Crippen molar-refractivity contribution in [3.8, 4) is 0 Å². The summed E-state index contributed by atoms with van der Waals surface area (Å²) >= 11 is 18.8. The van der Waals surface area contributed by atoms with Crippen LogP contribution in [0.25, 0.3) is 0 Å². The molecule has 1 amide bonds. The fourth-order valence-electron chi connectivity index (χ4n) is 3.16. The van der Waals surface area contributed by atoms with E-state index >= 15 is 0 Å². The van der Waals surface area contributed by atoms with Gasteiger partial charge in [0.15, 0.2) is 17.1 Å². The van der Waals surface area contributed by atoms with Gasteiger partial charge in [-0.2, -0.15) is 0 Å². The van der Waals surface area contributed by atoms with E-state index in [0.29, 0.717) is 11.1 Å². The van der Waals surface area contributed by atoms with Gasteiger partial charge in [0.05, 0.1) is 10.7 Å². The topological polar surface area (TPSA) is 79.7 Å². The highest BCUT2D eigenvalue weighted by Crippen LogP contribution is 2.45. The zero-order valence-corrected chi connectivity index (χ0v) is 17.4. The lowest BCUT2D eigenvalue weighted by Crippen LogP contribution is -2.29. The zero-order chi connectivity index (χ0) is 21.4. The van der Waals surface area contributed by atoms with E-state index in [4.69, 9.17) is 39.5 Å². The monoisotopic (exact) mass is 462 g/mol. The van der Waals surface area contributed by atoms with Crippen LogP contribution in [0.4, 0.5) is 5.69 Å². The van der Waals surface area contributed by atoms with Gasteiger partial charge < -0.3 is 9.84 Å². The number of aliphatic hydroxyl groups excluding tert-OH is 1. The molecular formula is C21H13Cl3N2O4. The van der Waals surface area contributed by atoms with Gasteiger partial charge in [0.25, 0.3) is 5.91 Å². The molecule has 1 unspecified atom stereocenters. The molecule has 0 saturated carbocycles. The summed E-state index contributed by atoms with van der Waals surface area (Å²) in [6.07, 6.45) is -1.35. The zero-order valence-electron chi connectivity index (χ0n) is 15.2. The molecule has 0 saturated heterocycles. The van der Waals surface area contributed by atoms with E-state index in [1.54, 1.807) is 36.4 Å². The summed E-state index contributed by atoms with van der Waals surface area (Å²) in [6, 6.07) is 15.6. The van der Waals surface area contributed by atoms with Gasteiger partial charge >= 0.3 is 5.97 Å². The van der Waals surface area contributed by atoms with Gasteiger partial charge in [-0.15, -0.1) is 0 Å². The normalized spacial score (nSPS) is 15.3. The minimum atomic E-state index is -1.35. The fraction of sp³-hybridized carbons (Fsp3) is 0.0952. The minimum absolute atomic E-state index is 0.00995. The van der Waals surface area contributed by atoms with E-state index < -0.39 is 18.1 Å². The van der Waals surface area contributed by atoms with Gasteiger partial charge in [-0.05, 0) is 11.6 Å². The maximum atomic E-state index is 12.9. The molecule has 152 valence electrons. The van der Waals surface area contributed by atoms with Crippen LogP contribution in [0.3, 0.4) is 0 Å². The first-order valence-electron chi connectivity index (χ1n) is 8.76. The van der Waals surface area contributed by atoms with Crippen molar-refractivity contribution < 1.29 is 19.4 Å². The lowest BCUT2D eigenvalue weighted by Gasteiger charge is -2.24. The summed E-state index contributed by atoms with van der Waals surface area (Å²) in [4.78, 5) is 30.4. The maximum Gasteiger partial charge on any atom is 0.358 e. The molecule has 1 atom stereocenters. The first-order valence-corrected chi connectivity index (χ1v) is 9.89. The molecule has 3 aromatic rings. The molecule has 2 heterocycles. The van der Waals surface area contributed by atoms with Crippen LogP contribution in [-0.4, -0.2) is 22.0 Å². The number of anilines is 1. The van der Waals surface area contributed by atoms with Crippen molar-refractivity contribution in [2.75, 3.05) is 4.90 Å². The minimum Gasteiger partial charge on any atom is -0.456 e. The van der Waals surface area contributed by atoms with Crippen molar-refractivity contribution in [1.82, 2.24) is 4.98 Å². The molecule has 0 radical (unpaired) electrons. The smallest absolute Gasteiger partial charge is 0.358 e. The predicted molar refractivity (Wildman–Crippen MR) is 113 cm³/mol. The van der Waals surface area contributed by atoms with Gasteiger partial charge in [-0.25, -0.2) is 9.78 Å². The molecule has 30 heavy (non-hydrogen) atoms. The molecule has 1 aliphatic rings. The molecular weight excluding hydrogens is 451 g/mol. The molecule has 0 bridgehead atoms. The Hall–Kier alpha value is -2.64. The van der Waals surface area contributed by atoms with Crippen molar-refractivity contribution in [1.29, 1.82) is 0 Å². The first-order chi connectivity index (χ1) is 14.4. The number of carbonyl (C=O) groups is 2. The number of rotatable bonds is 4. The molecule has 9 heteroatoms. The largest absolute Gasteiger partial charge is 0.456 e. The average molecular weight is 464 g/mol. The second kappa shape index (κ2) is 8.24. The highest BCUT2D eigenvalue weighted by Gasteiger charge is 2.40. The number of aromatic nitrogens is 1. The van der Waals surface area contributed by atoms with Crippen LogP contribution < -0.4 is 4.90 Å². The van der Waals surface area contributed by atoms with Crippen LogP contribution in [0.15, 0.2) is 54.6 Å². The summed E-state index contributed by atoms with van der Waals surface area (Å²) in [5, 5.41) is 10.0. The molecule has 6 nitrogen and oxygen atoms in total. The number of halogens is 3. The van der Waals surface area contributed by atoms with Crippen LogP contribution in [0.1, 0.15) is 38.2 Å². The summed E-state index contributed by atoms with van der Waals surface area (Å²) in [5.41, 5.74) is 1.02. The number of nitrogens with zero attached hydrogens (tertiary/aromatic N) is 2. The van der Waals surface area contributed by atoms with Crippen molar-refractivity contribution >= 4 is 52.4 Å². The Morgan fingerprint density at radius 2 is 1.70 bits per heavy atom. The number of ether oxygens (including phenoxy) is 1. The van der Waals surface area contributed by atoms with E-state index in [1.807, 2.05) is 18.2 Å². The third-order valence-electron chi connectivity index (χ3n) is 4.59. The number of esters is 1. The quantitative estimate of drug-likeness (QED) is 0.433. The van der Waals surface area contributed by atoms with Gasteiger partial charge in [0, 0.05) is 11.1 Å². The third-order valence-corrected chi connectivity index (χ3v) is 5.68.